The molecule has 1 fully saturated rings. The van der Waals surface area contributed by atoms with Gasteiger partial charge in [0.05, 0.1) is 19.3 Å². The zero-order valence-corrected chi connectivity index (χ0v) is 7.82. The van der Waals surface area contributed by atoms with E-state index in [1.54, 1.807) is 6.92 Å². The Bertz CT molecular complexity index is 276. The van der Waals surface area contributed by atoms with Gasteiger partial charge in [-0.05, 0) is 5.53 Å². The van der Waals surface area contributed by atoms with Gasteiger partial charge in [-0.25, -0.2) is 4.79 Å². The molecule has 0 amide bonds. The van der Waals surface area contributed by atoms with E-state index in [4.69, 9.17) is 10.3 Å². The highest BCUT2D eigenvalue weighted by atomic mass is 16.6. The van der Waals surface area contributed by atoms with Gasteiger partial charge < -0.3 is 14.6 Å². The molecule has 1 N–H and O–H groups in total. The summed E-state index contributed by atoms with van der Waals surface area (Å²) in [6.07, 6.45) is -2.56. The molecule has 1 aliphatic rings. The van der Waals surface area contributed by atoms with Gasteiger partial charge in [0.15, 0.2) is 6.10 Å². The van der Waals surface area contributed by atoms with Crippen molar-refractivity contribution in [2.24, 2.45) is 5.11 Å². The van der Waals surface area contributed by atoms with Crippen molar-refractivity contribution in [3.8, 4) is 0 Å². The lowest BCUT2D eigenvalue weighted by molar-refractivity contribution is -0.235. The normalized spacial score (nSPS) is 32.4. The van der Waals surface area contributed by atoms with Gasteiger partial charge >= 0.3 is 5.97 Å². The number of carbonyl (C=O) groups excluding carboxylic acids is 1. The highest BCUT2D eigenvalue weighted by Gasteiger charge is 2.48. The molecule has 1 aliphatic heterocycles. The second-order valence-electron chi connectivity index (χ2n) is 2.98. The van der Waals surface area contributed by atoms with E-state index in [0.29, 0.717) is 0 Å². The van der Waals surface area contributed by atoms with Gasteiger partial charge in [-0.2, -0.15) is 0 Å². The Morgan fingerprint density at radius 3 is 2.86 bits per heavy atom. The SMILES string of the molecule is COC(=O)[C@@H]1O[C@@H]([C@H](C)N=[N+]=[N-])[C@H]1O. The van der Waals surface area contributed by atoms with Crippen LogP contribution in [0.1, 0.15) is 6.92 Å². The molecule has 78 valence electrons. The van der Waals surface area contributed by atoms with Gasteiger partial charge in [-0.15, -0.1) is 0 Å². The maximum atomic E-state index is 10.9. The first-order valence-corrected chi connectivity index (χ1v) is 4.07. The number of hydrogen-bond acceptors (Lipinski definition) is 5. The van der Waals surface area contributed by atoms with Crippen LogP contribution in [0.4, 0.5) is 0 Å². The number of rotatable bonds is 3. The third-order valence-electron chi connectivity index (χ3n) is 2.09. The van der Waals surface area contributed by atoms with Crippen LogP contribution in [0.15, 0.2) is 5.11 Å². The summed E-state index contributed by atoms with van der Waals surface area (Å²) in [4.78, 5) is 13.5. The summed E-state index contributed by atoms with van der Waals surface area (Å²) >= 11 is 0. The van der Waals surface area contributed by atoms with Crippen LogP contribution in [0.5, 0.6) is 0 Å². The molecular weight excluding hydrogens is 190 g/mol. The molecule has 4 atom stereocenters. The van der Waals surface area contributed by atoms with Crippen molar-refractivity contribution in [1.29, 1.82) is 0 Å². The quantitative estimate of drug-likeness (QED) is 0.300. The number of aliphatic hydroxyl groups excluding tert-OH is 1. The van der Waals surface area contributed by atoms with Crippen LogP contribution in [0.2, 0.25) is 0 Å². The molecule has 0 unspecified atom stereocenters. The Balaban J connectivity index is 2.51. The zero-order valence-electron chi connectivity index (χ0n) is 7.82. The minimum Gasteiger partial charge on any atom is -0.467 e. The van der Waals surface area contributed by atoms with Crippen molar-refractivity contribution in [3.05, 3.63) is 10.4 Å². The standard InChI is InChI=1S/C7H11N3O4/c1-3(9-10-8)5-4(11)6(14-5)7(12)13-2/h3-6,11H,1-2H3/t3-,4+,5-,6+/m0/s1. The highest BCUT2D eigenvalue weighted by molar-refractivity contribution is 5.76. The minimum atomic E-state index is -0.969. The fraction of sp³-hybridized carbons (Fsp3) is 0.857. The lowest BCUT2D eigenvalue weighted by Crippen LogP contribution is -2.61. The molecule has 1 heterocycles. The highest BCUT2D eigenvalue weighted by Crippen LogP contribution is 2.26. The second kappa shape index (κ2) is 4.28. The number of methoxy groups -OCH3 is 1. The van der Waals surface area contributed by atoms with Crippen molar-refractivity contribution in [3.63, 3.8) is 0 Å². The Labute approximate surface area is 80.2 Å². The number of nitrogens with zero attached hydrogens (tertiary/aromatic N) is 3. The van der Waals surface area contributed by atoms with E-state index < -0.39 is 30.3 Å². The molecule has 0 radical (unpaired) electrons. The van der Waals surface area contributed by atoms with Crippen LogP contribution in [-0.4, -0.2) is 42.5 Å². The van der Waals surface area contributed by atoms with Crippen LogP contribution in [0.25, 0.3) is 10.4 Å². The van der Waals surface area contributed by atoms with Crippen molar-refractivity contribution < 1.29 is 19.4 Å². The van der Waals surface area contributed by atoms with Gasteiger partial charge in [0.25, 0.3) is 0 Å². The van der Waals surface area contributed by atoms with Gasteiger partial charge in [-0.3, -0.25) is 0 Å². The molecule has 0 bridgehead atoms. The largest absolute Gasteiger partial charge is 0.467 e. The molecule has 1 saturated heterocycles. The van der Waals surface area contributed by atoms with Gasteiger partial charge in [0.1, 0.15) is 6.10 Å². The van der Waals surface area contributed by atoms with E-state index in [0.717, 1.165) is 0 Å². The van der Waals surface area contributed by atoms with E-state index in [-0.39, 0.29) is 0 Å². The first kappa shape index (κ1) is 10.8. The molecule has 0 spiro atoms. The molecule has 7 nitrogen and oxygen atoms in total. The summed E-state index contributed by atoms with van der Waals surface area (Å²) in [5, 5.41) is 12.8. The molecule has 0 aromatic heterocycles. The molecule has 0 saturated carbocycles. The van der Waals surface area contributed by atoms with E-state index >= 15 is 0 Å². The third kappa shape index (κ3) is 1.79. The molecular formula is C7H11N3O4. The topological polar surface area (TPSA) is 105 Å². The summed E-state index contributed by atoms with van der Waals surface area (Å²) in [5.74, 6) is -0.623. The molecule has 7 heteroatoms. The Hall–Kier alpha value is -1.30. The fourth-order valence-electron chi connectivity index (χ4n) is 1.27. The fourth-order valence-corrected chi connectivity index (χ4v) is 1.27. The number of esters is 1. The zero-order chi connectivity index (χ0) is 10.7. The average molecular weight is 201 g/mol. The lowest BCUT2D eigenvalue weighted by Gasteiger charge is -2.41. The molecule has 0 aromatic rings. The van der Waals surface area contributed by atoms with Crippen LogP contribution in [0.3, 0.4) is 0 Å². The van der Waals surface area contributed by atoms with Crippen LogP contribution in [0, 0.1) is 0 Å². The van der Waals surface area contributed by atoms with E-state index in [1.165, 1.54) is 7.11 Å². The van der Waals surface area contributed by atoms with Crippen molar-refractivity contribution in [1.82, 2.24) is 0 Å². The molecule has 1 rings (SSSR count). The molecule has 0 aliphatic carbocycles. The summed E-state index contributed by atoms with van der Waals surface area (Å²) in [6.45, 7) is 1.60. The monoisotopic (exact) mass is 201 g/mol. The van der Waals surface area contributed by atoms with Gasteiger partial charge in [0, 0.05) is 4.91 Å². The Morgan fingerprint density at radius 2 is 2.43 bits per heavy atom. The third-order valence-corrected chi connectivity index (χ3v) is 2.09. The van der Waals surface area contributed by atoms with Gasteiger partial charge in [0.2, 0.25) is 0 Å². The Morgan fingerprint density at radius 1 is 1.79 bits per heavy atom. The molecule has 0 aromatic carbocycles. The number of carbonyl (C=O) groups is 1. The van der Waals surface area contributed by atoms with Crippen LogP contribution < -0.4 is 0 Å². The smallest absolute Gasteiger partial charge is 0.337 e. The number of hydrogen-bond donors (Lipinski definition) is 1. The summed E-state index contributed by atoms with van der Waals surface area (Å²) in [7, 11) is 1.21. The van der Waals surface area contributed by atoms with E-state index in [9.17, 15) is 9.90 Å². The first-order chi connectivity index (χ1) is 6.61. The Kier molecular flexibility index (Phi) is 3.29. The predicted molar refractivity (Wildman–Crippen MR) is 45.3 cm³/mol. The van der Waals surface area contributed by atoms with E-state index in [2.05, 4.69) is 14.8 Å². The van der Waals surface area contributed by atoms with Crippen molar-refractivity contribution in [2.75, 3.05) is 7.11 Å². The van der Waals surface area contributed by atoms with E-state index in [1.807, 2.05) is 0 Å². The van der Waals surface area contributed by atoms with Crippen molar-refractivity contribution in [2.45, 2.75) is 31.3 Å². The lowest BCUT2D eigenvalue weighted by atomic mass is 9.96. The maximum Gasteiger partial charge on any atom is 0.337 e. The first-order valence-electron chi connectivity index (χ1n) is 4.07. The summed E-state index contributed by atoms with van der Waals surface area (Å²) in [5.41, 5.74) is 8.14. The summed E-state index contributed by atoms with van der Waals surface area (Å²) in [6, 6.07) is -0.504. The number of ether oxygens (including phenoxy) is 2. The average Bonchev–Trinajstić information content (AvgIpc) is 2.15. The van der Waals surface area contributed by atoms with Crippen LogP contribution >= 0.6 is 0 Å². The number of aliphatic hydroxyl groups is 1. The minimum absolute atomic E-state index is 0.504. The number of azide groups is 1. The molecule has 14 heavy (non-hydrogen) atoms. The second-order valence-corrected chi connectivity index (χ2v) is 2.98. The van der Waals surface area contributed by atoms with Gasteiger partial charge in [-0.1, -0.05) is 12.0 Å². The summed E-state index contributed by atoms with van der Waals surface area (Å²) < 4.78 is 9.41. The van der Waals surface area contributed by atoms with Crippen LogP contribution in [-0.2, 0) is 14.3 Å². The maximum absolute atomic E-state index is 10.9. The predicted octanol–water partition coefficient (Wildman–Crippen LogP) is -0.0135. The van der Waals surface area contributed by atoms with Crippen molar-refractivity contribution >= 4 is 5.97 Å².